The van der Waals surface area contributed by atoms with Crippen molar-refractivity contribution >= 4 is 38.6 Å². The van der Waals surface area contributed by atoms with E-state index in [4.69, 9.17) is 11.6 Å². The summed E-state index contributed by atoms with van der Waals surface area (Å²) in [4.78, 5) is 20.4. The Bertz CT molecular complexity index is 1770. The minimum atomic E-state index is -4.33. The highest BCUT2D eigenvalue weighted by atomic mass is 35.5. The first-order valence-electron chi connectivity index (χ1n) is 11.8. The third-order valence-electron chi connectivity index (χ3n) is 6.07. The van der Waals surface area contributed by atoms with Gasteiger partial charge in [0.1, 0.15) is 16.5 Å². The van der Waals surface area contributed by atoms with Gasteiger partial charge >= 0.3 is 6.03 Å². The number of aromatic amines is 1. The van der Waals surface area contributed by atoms with Gasteiger partial charge < -0.3 is 10.3 Å². The molecule has 0 aliphatic heterocycles. The molecule has 3 aromatic carbocycles. The number of nitrogens with one attached hydrogen (secondary N) is 3. The standard InChI is InChI=1S/C28H21ClF2N4O3S/c29-23-8-2-4-10-26(23)39(37,38)35-28(36)34-25(14-17-12-18(30)15-19(31)13-17)27-21(7-5-11-32-27)22-16-33-24-9-3-1-6-20(22)24/h1-13,15-16,25,33H,14H2,(H2,34,35,36). The number of halogens is 3. The van der Waals surface area contributed by atoms with Crippen LogP contribution in [-0.2, 0) is 16.4 Å². The molecular weight excluding hydrogens is 546 g/mol. The third-order valence-corrected chi connectivity index (χ3v) is 7.90. The third kappa shape index (κ3) is 5.76. The van der Waals surface area contributed by atoms with Gasteiger partial charge in [-0.15, -0.1) is 0 Å². The average Bonchev–Trinajstić information content (AvgIpc) is 3.32. The van der Waals surface area contributed by atoms with Crippen LogP contribution in [0.15, 0.2) is 96.2 Å². The molecule has 0 fully saturated rings. The normalized spacial score (nSPS) is 12.3. The smallest absolute Gasteiger partial charge is 0.329 e. The van der Waals surface area contributed by atoms with E-state index in [1.165, 1.54) is 24.4 Å². The van der Waals surface area contributed by atoms with Gasteiger partial charge in [0.05, 0.1) is 16.8 Å². The number of sulfonamides is 1. The van der Waals surface area contributed by atoms with Crippen LogP contribution in [0.3, 0.4) is 0 Å². The molecule has 0 spiro atoms. The van der Waals surface area contributed by atoms with E-state index >= 15 is 0 Å². The summed E-state index contributed by atoms with van der Waals surface area (Å²) in [6, 6.07) is 17.8. The predicted octanol–water partition coefficient (Wildman–Crippen LogP) is 6.13. The molecule has 7 nitrogen and oxygen atoms in total. The minimum absolute atomic E-state index is 0.0593. The monoisotopic (exact) mass is 566 g/mol. The van der Waals surface area contributed by atoms with E-state index in [1.54, 1.807) is 24.4 Å². The molecule has 0 bridgehead atoms. The van der Waals surface area contributed by atoms with Crippen molar-refractivity contribution < 1.29 is 22.0 Å². The Morgan fingerprint density at radius 3 is 2.44 bits per heavy atom. The summed E-state index contributed by atoms with van der Waals surface area (Å²) in [5.74, 6) is -1.57. The molecule has 0 aliphatic carbocycles. The molecular formula is C28H21ClF2N4O3S. The topological polar surface area (TPSA) is 104 Å². The average molecular weight is 567 g/mol. The Morgan fingerprint density at radius 2 is 1.67 bits per heavy atom. The first-order valence-corrected chi connectivity index (χ1v) is 13.6. The molecule has 0 saturated heterocycles. The Morgan fingerprint density at radius 1 is 0.949 bits per heavy atom. The van der Waals surface area contributed by atoms with E-state index in [9.17, 15) is 22.0 Å². The number of urea groups is 1. The van der Waals surface area contributed by atoms with Crippen LogP contribution in [0.2, 0.25) is 5.02 Å². The second kappa shape index (κ2) is 10.8. The number of H-pyrrole nitrogens is 1. The Kier molecular flexibility index (Phi) is 7.32. The number of aromatic nitrogens is 2. The van der Waals surface area contributed by atoms with E-state index in [0.29, 0.717) is 11.3 Å². The lowest BCUT2D eigenvalue weighted by Crippen LogP contribution is -2.42. The molecule has 2 heterocycles. The molecule has 2 amide bonds. The fourth-order valence-corrected chi connectivity index (χ4v) is 5.86. The minimum Gasteiger partial charge on any atom is -0.361 e. The molecule has 198 valence electrons. The fraction of sp³-hybridized carbons (Fsp3) is 0.0714. The van der Waals surface area contributed by atoms with Crippen molar-refractivity contribution in [3.8, 4) is 11.1 Å². The van der Waals surface area contributed by atoms with Crippen LogP contribution in [0, 0.1) is 11.6 Å². The first kappa shape index (κ1) is 26.3. The number of rotatable bonds is 7. The first-order chi connectivity index (χ1) is 18.7. The van der Waals surface area contributed by atoms with Crippen molar-refractivity contribution in [1.82, 2.24) is 20.0 Å². The van der Waals surface area contributed by atoms with Crippen LogP contribution < -0.4 is 10.0 Å². The van der Waals surface area contributed by atoms with Gasteiger partial charge in [-0.25, -0.2) is 26.7 Å². The molecule has 11 heteroatoms. The highest BCUT2D eigenvalue weighted by Gasteiger charge is 2.26. The van der Waals surface area contributed by atoms with Crippen LogP contribution in [0.1, 0.15) is 17.3 Å². The van der Waals surface area contributed by atoms with Crippen LogP contribution in [0.5, 0.6) is 0 Å². The number of carbonyl (C=O) groups excluding carboxylic acids is 1. The van der Waals surface area contributed by atoms with E-state index < -0.39 is 33.7 Å². The number of benzene rings is 3. The van der Waals surface area contributed by atoms with Crippen LogP contribution in [0.4, 0.5) is 13.6 Å². The second-order valence-electron chi connectivity index (χ2n) is 8.73. The maximum absolute atomic E-state index is 14.0. The van der Waals surface area contributed by atoms with Gasteiger partial charge in [0.2, 0.25) is 0 Å². The maximum Gasteiger partial charge on any atom is 0.329 e. The van der Waals surface area contributed by atoms with Gasteiger partial charge in [-0.1, -0.05) is 48.0 Å². The lowest BCUT2D eigenvalue weighted by molar-refractivity contribution is 0.242. The molecule has 0 radical (unpaired) electrons. The highest BCUT2D eigenvalue weighted by molar-refractivity contribution is 7.90. The Balaban J connectivity index is 1.54. The second-order valence-corrected chi connectivity index (χ2v) is 10.8. The van der Waals surface area contributed by atoms with Gasteiger partial charge in [0, 0.05) is 40.5 Å². The molecule has 3 N–H and O–H groups in total. The largest absolute Gasteiger partial charge is 0.361 e. The number of amides is 2. The van der Waals surface area contributed by atoms with Gasteiger partial charge in [0.25, 0.3) is 10.0 Å². The van der Waals surface area contributed by atoms with E-state index in [2.05, 4.69) is 15.3 Å². The quantitative estimate of drug-likeness (QED) is 0.220. The van der Waals surface area contributed by atoms with Gasteiger partial charge in [-0.05, 0) is 48.4 Å². The van der Waals surface area contributed by atoms with Gasteiger partial charge in [0.15, 0.2) is 0 Å². The van der Waals surface area contributed by atoms with Crippen molar-refractivity contribution in [2.24, 2.45) is 0 Å². The summed E-state index contributed by atoms with van der Waals surface area (Å²) < 4.78 is 55.7. The summed E-state index contributed by atoms with van der Waals surface area (Å²) in [6.07, 6.45) is 3.24. The van der Waals surface area contributed by atoms with Crippen molar-refractivity contribution in [3.05, 3.63) is 119 Å². The summed E-state index contributed by atoms with van der Waals surface area (Å²) in [5, 5.41) is 3.46. The number of hydrogen-bond donors (Lipinski definition) is 3. The van der Waals surface area contributed by atoms with E-state index in [-0.39, 0.29) is 21.9 Å². The molecule has 1 unspecified atom stereocenters. The summed E-state index contributed by atoms with van der Waals surface area (Å²) in [7, 11) is -4.33. The van der Waals surface area contributed by atoms with E-state index in [0.717, 1.165) is 34.7 Å². The zero-order chi connectivity index (χ0) is 27.6. The predicted molar refractivity (Wildman–Crippen MR) is 145 cm³/mol. The molecule has 1 atom stereocenters. The number of para-hydroxylation sites is 1. The lowest BCUT2D eigenvalue weighted by atomic mass is 9.95. The number of fused-ring (bicyclic) bond motifs is 1. The van der Waals surface area contributed by atoms with Crippen molar-refractivity contribution in [1.29, 1.82) is 0 Å². The number of carbonyl (C=O) groups is 1. The highest BCUT2D eigenvalue weighted by Crippen LogP contribution is 2.34. The van der Waals surface area contributed by atoms with Crippen molar-refractivity contribution in [2.45, 2.75) is 17.4 Å². The van der Waals surface area contributed by atoms with Crippen LogP contribution in [-0.4, -0.2) is 24.4 Å². The summed E-state index contributed by atoms with van der Waals surface area (Å²) in [5.41, 5.74) is 2.92. The molecule has 5 aromatic rings. The lowest BCUT2D eigenvalue weighted by Gasteiger charge is -2.21. The SMILES string of the molecule is O=C(NC(Cc1cc(F)cc(F)c1)c1ncccc1-c1c[nH]c2ccccc12)NS(=O)(=O)c1ccccc1Cl. The number of hydrogen-bond acceptors (Lipinski definition) is 4. The van der Waals surface area contributed by atoms with Crippen LogP contribution in [0.25, 0.3) is 22.0 Å². The zero-order valence-corrected chi connectivity index (χ0v) is 21.7. The molecule has 39 heavy (non-hydrogen) atoms. The zero-order valence-electron chi connectivity index (χ0n) is 20.2. The van der Waals surface area contributed by atoms with Gasteiger partial charge in [-0.3, -0.25) is 4.98 Å². The molecule has 5 rings (SSSR count). The fourth-order valence-electron chi connectivity index (χ4n) is 4.43. The summed E-state index contributed by atoms with van der Waals surface area (Å²) in [6.45, 7) is 0. The van der Waals surface area contributed by atoms with Crippen molar-refractivity contribution in [3.63, 3.8) is 0 Å². The van der Waals surface area contributed by atoms with Crippen molar-refractivity contribution in [2.75, 3.05) is 0 Å². The number of nitrogens with zero attached hydrogens (tertiary/aromatic N) is 1. The van der Waals surface area contributed by atoms with Gasteiger partial charge in [-0.2, -0.15) is 0 Å². The van der Waals surface area contributed by atoms with E-state index in [1.807, 2.05) is 29.0 Å². The number of pyridine rings is 1. The van der Waals surface area contributed by atoms with Crippen LogP contribution >= 0.6 is 11.6 Å². The molecule has 0 aliphatic rings. The molecule has 2 aromatic heterocycles. The molecule has 0 saturated carbocycles. The summed E-state index contributed by atoms with van der Waals surface area (Å²) >= 11 is 6.02. The maximum atomic E-state index is 14.0. The Hall–Kier alpha value is -4.28. The Labute approximate surface area is 227 Å².